The van der Waals surface area contributed by atoms with Gasteiger partial charge in [-0.3, -0.25) is 0 Å². The predicted octanol–water partition coefficient (Wildman–Crippen LogP) is 3.00. The first-order chi connectivity index (χ1) is 5.27. The summed E-state index contributed by atoms with van der Waals surface area (Å²) in [5.41, 5.74) is 8.53. The molecule has 0 saturated carbocycles. The summed E-state index contributed by atoms with van der Waals surface area (Å²) in [4.78, 5) is 0. The Balaban J connectivity index is 3.09. The van der Waals surface area contributed by atoms with Crippen LogP contribution in [0.25, 0.3) is 0 Å². The SMILES string of the molecule is CNc1ccc(N=N)cc1I. The summed E-state index contributed by atoms with van der Waals surface area (Å²) in [7, 11) is 1.87. The van der Waals surface area contributed by atoms with Gasteiger partial charge in [-0.2, -0.15) is 5.11 Å². The van der Waals surface area contributed by atoms with E-state index in [1.54, 1.807) is 6.07 Å². The van der Waals surface area contributed by atoms with Crippen LogP contribution in [0.3, 0.4) is 0 Å². The molecule has 0 aliphatic heterocycles. The minimum atomic E-state index is 0.688. The Morgan fingerprint density at radius 1 is 1.55 bits per heavy atom. The van der Waals surface area contributed by atoms with Crippen LogP contribution < -0.4 is 5.32 Å². The lowest BCUT2D eigenvalue weighted by molar-refractivity contribution is 1.15. The van der Waals surface area contributed by atoms with Crippen LogP contribution in [0, 0.1) is 9.10 Å². The molecular weight excluding hydrogens is 253 g/mol. The second-order valence-corrected chi connectivity index (χ2v) is 3.19. The van der Waals surface area contributed by atoms with Crippen molar-refractivity contribution in [3.05, 3.63) is 21.8 Å². The van der Waals surface area contributed by atoms with E-state index in [1.807, 2.05) is 19.2 Å². The molecule has 0 heterocycles. The molecule has 0 atom stereocenters. The van der Waals surface area contributed by atoms with E-state index in [-0.39, 0.29) is 0 Å². The fraction of sp³-hybridized carbons (Fsp3) is 0.143. The molecule has 1 aromatic rings. The Bertz CT molecular complexity index is 272. The molecule has 0 aliphatic rings. The summed E-state index contributed by atoms with van der Waals surface area (Å²) in [6.07, 6.45) is 0. The van der Waals surface area contributed by atoms with E-state index in [0.717, 1.165) is 9.26 Å². The molecule has 0 spiro atoms. The molecule has 4 heteroatoms. The first-order valence-electron chi connectivity index (χ1n) is 3.12. The van der Waals surface area contributed by atoms with Crippen LogP contribution in [0.2, 0.25) is 0 Å². The van der Waals surface area contributed by atoms with Crippen molar-refractivity contribution in [2.24, 2.45) is 5.11 Å². The molecule has 2 N–H and O–H groups in total. The zero-order valence-electron chi connectivity index (χ0n) is 6.06. The van der Waals surface area contributed by atoms with Crippen molar-refractivity contribution in [3.63, 3.8) is 0 Å². The molecule has 0 aliphatic carbocycles. The minimum Gasteiger partial charge on any atom is -0.387 e. The molecule has 0 radical (unpaired) electrons. The van der Waals surface area contributed by atoms with E-state index in [0.29, 0.717) is 5.69 Å². The maximum atomic E-state index is 6.77. The average Bonchev–Trinajstić information content (AvgIpc) is 2.04. The van der Waals surface area contributed by atoms with Gasteiger partial charge in [-0.1, -0.05) is 0 Å². The zero-order chi connectivity index (χ0) is 8.27. The number of rotatable bonds is 2. The lowest BCUT2D eigenvalue weighted by Crippen LogP contribution is -1.89. The van der Waals surface area contributed by atoms with E-state index < -0.39 is 0 Å². The minimum absolute atomic E-state index is 0.688. The van der Waals surface area contributed by atoms with Gasteiger partial charge >= 0.3 is 0 Å². The molecule has 11 heavy (non-hydrogen) atoms. The van der Waals surface area contributed by atoms with Gasteiger partial charge in [-0.25, -0.2) is 5.53 Å². The molecular formula is C7H8IN3. The molecule has 0 unspecified atom stereocenters. The summed E-state index contributed by atoms with van der Waals surface area (Å²) in [5.74, 6) is 0. The summed E-state index contributed by atoms with van der Waals surface area (Å²) in [6, 6.07) is 5.58. The van der Waals surface area contributed by atoms with Gasteiger partial charge in [0.25, 0.3) is 0 Å². The van der Waals surface area contributed by atoms with E-state index in [4.69, 9.17) is 5.53 Å². The third kappa shape index (κ3) is 1.89. The second kappa shape index (κ2) is 3.66. The van der Waals surface area contributed by atoms with Gasteiger partial charge in [-0.15, -0.1) is 0 Å². The zero-order valence-corrected chi connectivity index (χ0v) is 8.21. The van der Waals surface area contributed by atoms with Gasteiger partial charge in [0.1, 0.15) is 0 Å². The fourth-order valence-corrected chi connectivity index (χ4v) is 1.54. The monoisotopic (exact) mass is 261 g/mol. The van der Waals surface area contributed by atoms with Gasteiger partial charge in [-0.05, 0) is 40.8 Å². The maximum absolute atomic E-state index is 6.77. The Morgan fingerprint density at radius 2 is 2.27 bits per heavy atom. The van der Waals surface area contributed by atoms with E-state index >= 15 is 0 Å². The molecule has 0 saturated heterocycles. The lowest BCUT2D eigenvalue weighted by atomic mass is 10.3. The van der Waals surface area contributed by atoms with Crippen LogP contribution >= 0.6 is 22.6 Å². The van der Waals surface area contributed by atoms with Crippen LogP contribution in [0.5, 0.6) is 0 Å². The van der Waals surface area contributed by atoms with Crippen LogP contribution in [0.4, 0.5) is 11.4 Å². The van der Waals surface area contributed by atoms with Crippen LogP contribution in [0.1, 0.15) is 0 Å². The Labute approximate surface area is 78.8 Å². The van der Waals surface area contributed by atoms with Gasteiger partial charge in [0, 0.05) is 16.3 Å². The van der Waals surface area contributed by atoms with Gasteiger partial charge in [0.2, 0.25) is 0 Å². The number of anilines is 1. The molecule has 0 amide bonds. The highest BCUT2D eigenvalue weighted by Crippen LogP contribution is 2.23. The topological polar surface area (TPSA) is 48.2 Å². The van der Waals surface area contributed by atoms with Crippen LogP contribution in [-0.4, -0.2) is 7.05 Å². The number of hydrogen-bond donors (Lipinski definition) is 2. The van der Waals surface area contributed by atoms with Gasteiger partial charge < -0.3 is 5.32 Å². The summed E-state index contributed by atoms with van der Waals surface area (Å²) in [5, 5.41) is 6.36. The predicted molar refractivity (Wildman–Crippen MR) is 53.5 cm³/mol. The first kappa shape index (κ1) is 8.45. The third-order valence-electron chi connectivity index (χ3n) is 1.35. The largest absolute Gasteiger partial charge is 0.387 e. The highest BCUT2D eigenvalue weighted by molar-refractivity contribution is 14.1. The molecule has 1 rings (SSSR count). The summed E-state index contributed by atoms with van der Waals surface area (Å²) in [6.45, 7) is 0. The first-order valence-corrected chi connectivity index (χ1v) is 4.20. The van der Waals surface area contributed by atoms with Gasteiger partial charge in [0.05, 0.1) is 5.69 Å². The van der Waals surface area contributed by atoms with Crippen molar-refractivity contribution in [2.45, 2.75) is 0 Å². The third-order valence-corrected chi connectivity index (χ3v) is 2.24. The molecule has 0 aromatic heterocycles. The van der Waals surface area contributed by atoms with Crippen molar-refractivity contribution < 1.29 is 0 Å². The number of nitrogens with zero attached hydrogens (tertiary/aromatic N) is 1. The summed E-state index contributed by atoms with van der Waals surface area (Å²) < 4.78 is 1.08. The molecule has 3 nitrogen and oxygen atoms in total. The van der Waals surface area contributed by atoms with E-state index in [1.165, 1.54) is 0 Å². The Morgan fingerprint density at radius 3 is 2.73 bits per heavy atom. The molecule has 1 aromatic carbocycles. The normalized spacial score (nSPS) is 9.27. The summed E-state index contributed by atoms with van der Waals surface area (Å²) >= 11 is 2.20. The smallest absolute Gasteiger partial charge is 0.0862 e. The highest BCUT2D eigenvalue weighted by Gasteiger charge is 1.97. The van der Waals surface area contributed by atoms with Crippen molar-refractivity contribution in [3.8, 4) is 0 Å². The maximum Gasteiger partial charge on any atom is 0.0862 e. The van der Waals surface area contributed by atoms with E-state index in [2.05, 4.69) is 33.0 Å². The number of benzene rings is 1. The van der Waals surface area contributed by atoms with Crippen LogP contribution in [0.15, 0.2) is 23.3 Å². The Hall–Kier alpha value is -0.650. The standard InChI is InChI=1S/C7H8IN3/c1-10-7-3-2-5(11-9)4-6(7)8/h2-4,9-10H,1H3. The fourth-order valence-electron chi connectivity index (χ4n) is 0.776. The quantitative estimate of drug-likeness (QED) is 0.624. The average molecular weight is 261 g/mol. The van der Waals surface area contributed by atoms with E-state index in [9.17, 15) is 0 Å². The van der Waals surface area contributed by atoms with Crippen LogP contribution in [-0.2, 0) is 0 Å². The van der Waals surface area contributed by atoms with Crippen molar-refractivity contribution in [2.75, 3.05) is 12.4 Å². The Kier molecular flexibility index (Phi) is 2.81. The number of hydrogen-bond acceptors (Lipinski definition) is 3. The van der Waals surface area contributed by atoms with Crippen molar-refractivity contribution >= 4 is 34.0 Å². The number of nitrogens with one attached hydrogen (secondary N) is 2. The molecule has 0 bridgehead atoms. The van der Waals surface area contributed by atoms with Gasteiger partial charge in [0.15, 0.2) is 0 Å². The second-order valence-electron chi connectivity index (χ2n) is 2.03. The molecule has 0 fully saturated rings. The highest BCUT2D eigenvalue weighted by atomic mass is 127. The number of halogens is 1. The van der Waals surface area contributed by atoms with Crippen molar-refractivity contribution in [1.29, 1.82) is 5.53 Å². The lowest BCUT2D eigenvalue weighted by Gasteiger charge is -2.02. The molecule has 58 valence electrons. The van der Waals surface area contributed by atoms with Crippen molar-refractivity contribution in [1.82, 2.24) is 0 Å².